The van der Waals surface area contributed by atoms with Gasteiger partial charge in [0.25, 0.3) is 5.56 Å². The van der Waals surface area contributed by atoms with Crippen molar-refractivity contribution in [1.82, 2.24) is 19.3 Å². The highest BCUT2D eigenvalue weighted by Crippen LogP contribution is 2.25. The zero-order chi connectivity index (χ0) is 22.0. The number of benzene rings is 2. The molecular weight excluding hydrogens is 432 g/mol. The Morgan fingerprint density at radius 3 is 2.77 bits per heavy atom. The van der Waals surface area contributed by atoms with Crippen LogP contribution in [-0.4, -0.2) is 31.9 Å². The van der Waals surface area contributed by atoms with Crippen molar-refractivity contribution in [1.29, 1.82) is 0 Å². The van der Waals surface area contributed by atoms with E-state index in [1.165, 1.54) is 35.4 Å². The summed E-state index contributed by atoms with van der Waals surface area (Å²) in [6.07, 6.45) is 2.57. The van der Waals surface area contributed by atoms with Crippen molar-refractivity contribution >= 4 is 34.2 Å². The van der Waals surface area contributed by atoms with E-state index in [0.29, 0.717) is 16.4 Å². The van der Waals surface area contributed by atoms with Crippen molar-refractivity contribution in [2.45, 2.75) is 13.2 Å². The number of rotatable bonds is 6. The van der Waals surface area contributed by atoms with Crippen molar-refractivity contribution < 1.29 is 18.3 Å². The number of hydrogen-bond donors (Lipinski definition) is 1. The maximum atomic E-state index is 12.8. The number of ether oxygens (including phenoxy) is 1. The van der Waals surface area contributed by atoms with E-state index in [1.807, 2.05) is 0 Å². The summed E-state index contributed by atoms with van der Waals surface area (Å²) in [5, 5.41) is 7.35. The van der Waals surface area contributed by atoms with Crippen LogP contribution in [0.3, 0.4) is 0 Å². The monoisotopic (exact) mass is 445 g/mol. The number of nitrogens with one attached hydrogen (secondary N) is 1. The molecule has 4 rings (SSSR count). The van der Waals surface area contributed by atoms with Crippen LogP contribution in [0.1, 0.15) is 0 Å². The van der Waals surface area contributed by atoms with Crippen LogP contribution in [0.5, 0.6) is 5.75 Å². The molecule has 11 heteroatoms. The summed E-state index contributed by atoms with van der Waals surface area (Å²) >= 11 is 6.01. The lowest BCUT2D eigenvalue weighted by Gasteiger charge is -2.12. The van der Waals surface area contributed by atoms with Gasteiger partial charge in [0.15, 0.2) is 5.65 Å². The molecule has 2 aromatic carbocycles. The average molecular weight is 446 g/mol. The lowest BCUT2D eigenvalue weighted by Crippen LogP contribution is -2.28. The predicted molar refractivity (Wildman–Crippen MR) is 110 cm³/mol. The van der Waals surface area contributed by atoms with E-state index >= 15 is 0 Å². The fourth-order valence-corrected chi connectivity index (χ4v) is 3.16. The molecular formula is C20H14ClF2N5O3. The van der Waals surface area contributed by atoms with Gasteiger partial charge in [-0.3, -0.25) is 14.2 Å². The minimum absolute atomic E-state index is 0.0589. The third-order valence-corrected chi connectivity index (χ3v) is 4.53. The number of anilines is 1. The second-order valence-corrected chi connectivity index (χ2v) is 6.81. The van der Waals surface area contributed by atoms with Crippen LogP contribution in [0, 0.1) is 0 Å². The number of carbonyl (C=O) groups is 1. The first-order chi connectivity index (χ1) is 14.9. The Balaban J connectivity index is 1.58. The van der Waals surface area contributed by atoms with Gasteiger partial charge in [-0.05, 0) is 30.3 Å². The van der Waals surface area contributed by atoms with E-state index in [1.54, 1.807) is 30.3 Å². The van der Waals surface area contributed by atoms with Crippen molar-refractivity contribution in [3.05, 3.63) is 76.4 Å². The van der Waals surface area contributed by atoms with Crippen LogP contribution >= 0.6 is 11.6 Å². The number of para-hydroxylation sites is 2. The van der Waals surface area contributed by atoms with Crippen LogP contribution in [-0.2, 0) is 11.3 Å². The van der Waals surface area contributed by atoms with E-state index in [2.05, 4.69) is 20.1 Å². The smallest absolute Gasteiger partial charge is 0.387 e. The molecule has 0 aliphatic carbocycles. The summed E-state index contributed by atoms with van der Waals surface area (Å²) in [7, 11) is 0. The Bertz CT molecular complexity index is 1320. The number of aromatic nitrogens is 4. The molecule has 2 heterocycles. The molecule has 4 aromatic rings. The van der Waals surface area contributed by atoms with Gasteiger partial charge in [0.2, 0.25) is 5.91 Å². The highest BCUT2D eigenvalue weighted by atomic mass is 35.5. The molecule has 0 spiro atoms. The van der Waals surface area contributed by atoms with Crippen LogP contribution in [0.25, 0.3) is 16.7 Å². The minimum Gasteiger partial charge on any atom is -0.433 e. The summed E-state index contributed by atoms with van der Waals surface area (Å²) in [5.41, 5.74) is 0.509. The van der Waals surface area contributed by atoms with Gasteiger partial charge in [0.05, 0.1) is 17.6 Å². The van der Waals surface area contributed by atoms with E-state index in [4.69, 9.17) is 11.6 Å². The molecule has 0 saturated carbocycles. The molecule has 158 valence electrons. The molecule has 0 unspecified atom stereocenters. The molecule has 31 heavy (non-hydrogen) atoms. The number of fused-ring (bicyclic) bond motifs is 1. The van der Waals surface area contributed by atoms with Crippen molar-refractivity contribution in [3.8, 4) is 11.4 Å². The molecule has 0 saturated heterocycles. The first-order valence-corrected chi connectivity index (χ1v) is 9.33. The van der Waals surface area contributed by atoms with Gasteiger partial charge in [-0.1, -0.05) is 29.8 Å². The Morgan fingerprint density at radius 1 is 1.19 bits per heavy atom. The molecule has 2 aromatic heterocycles. The molecule has 0 aliphatic rings. The standard InChI is InChI=1S/C20H14ClF2N5O3/c21-12-4-3-5-13(8-12)28-18-14(9-25-28)19(30)27(11-24-18)10-17(29)26-15-6-1-2-7-16(15)31-20(22)23/h1-9,11,20H,10H2,(H,26,29). The third-order valence-electron chi connectivity index (χ3n) is 4.30. The Kier molecular flexibility index (Phi) is 5.63. The molecule has 0 fully saturated rings. The number of amides is 1. The largest absolute Gasteiger partial charge is 0.433 e. The number of hydrogen-bond acceptors (Lipinski definition) is 5. The zero-order valence-corrected chi connectivity index (χ0v) is 16.5. The summed E-state index contributed by atoms with van der Waals surface area (Å²) in [6.45, 7) is -3.42. The highest BCUT2D eigenvalue weighted by molar-refractivity contribution is 6.30. The van der Waals surface area contributed by atoms with Crippen LogP contribution in [0.2, 0.25) is 5.02 Å². The lowest BCUT2D eigenvalue weighted by atomic mass is 10.3. The summed E-state index contributed by atoms with van der Waals surface area (Å²) < 4.78 is 32.0. The van der Waals surface area contributed by atoms with Gasteiger partial charge >= 0.3 is 6.61 Å². The van der Waals surface area contributed by atoms with Crippen molar-refractivity contribution in [2.75, 3.05) is 5.32 Å². The van der Waals surface area contributed by atoms with E-state index in [0.717, 1.165) is 4.57 Å². The van der Waals surface area contributed by atoms with Gasteiger partial charge in [-0.15, -0.1) is 0 Å². The Morgan fingerprint density at radius 2 is 2.00 bits per heavy atom. The molecule has 0 radical (unpaired) electrons. The molecule has 1 N–H and O–H groups in total. The van der Waals surface area contributed by atoms with Crippen LogP contribution in [0.4, 0.5) is 14.5 Å². The maximum absolute atomic E-state index is 12.8. The third kappa shape index (κ3) is 4.38. The Labute approximate surface area is 178 Å². The maximum Gasteiger partial charge on any atom is 0.387 e. The minimum atomic E-state index is -3.04. The zero-order valence-electron chi connectivity index (χ0n) is 15.7. The van der Waals surface area contributed by atoms with Gasteiger partial charge in [0, 0.05) is 5.02 Å². The quantitative estimate of drug-likeness (QED) is 0.490. The second-order valence-electron chi connectivity index (χ2n) is 6.37. The van der Waals surface area contributed by atoms with Gasteiger partial charge in [0.1, 0.15) is 24.0 Å². The van der Waals surface area contributed by atoms with E-state index in [9.17, 15) is 18.4 Å². The number of carbonyl (C=O) groups excluding carboxylic acids is 1. The predicted octanol–water partition coefficient (Wildman–Crippen LogP) is 3.48. The van der Waals surface area contributed by atoms with Gasteiger partial charge < -0.3 is 10.1 Å². The lowest BCUT2D eigenvalue weighted by molar-refractivity contribution is -0.116. The van der Waals surface area contributed by atoms with Crippen molar-refractivity contribution in [2.24, 2.45) is 0 Å². The highest BCUT2D eigenvalue weighted by Gasteiger charge is 2.15. The Hall–Kier alpha value is -3.79. The molecule has 8 nitrogen and oxygen atoms in total. The number of nitrogens with zero attached hydrogens (tertiary/aromatic N) is 4. The summed E-state index contributed by atoms with van der Waals surface area (Å²) in [4.78, 5) is 29.4. The van der Waals surface area contributed by atoms with E-state index < -0.39 is 18.1 Å². The molecule has 1 amide bonds. The molecule has 0 atom stereocenters. The molecule has 0 aliphatic heterocycles. The normalized spacial score (nSPS) is 11.1. The van der Waals surface area contributed by atoms with Gasteiger partial charge in [-0.25, -0.2) is 9.67 Å². The average Bonchev–Trinajstić information content (AvgIpc) is 3.16. The fourth-order valence-electron chi connectivity index (χ4n) is 2.97. The molecule has 0 bridgehead atoms. The van der Waals surface area contributed by atoms with E-state index in [-0.39, 0.29) is 23.4 Å². The topological polar surface area (TPSA) is 91.0 Å². The number of alkyl halides is 2. The summed E-state index contributed by atoms with van der Waals surface area (Å²) in [5.74, 6) is -0.801. The van der Waals surface area contributed by atoms with Crippen LogP contribution < -0.4 is 15.6 Å². The first kappa shape index (κ1) is 20.5. The first-order valence-electron chi connectivity index (χ1n) is 8.95. The van der Waals surface area contributed by atoms with Crippen LogP contribution in [0.15, 0.2) is 65.8 Å². The number of halogens is 3. The second kappa shape index (κ2) is 8.52. The SMILES string of the molecule is O=C(Cn1cnc2c(cnn2-c2cccc(Cl)c2)c1=O)Nc1ccccc1OC(F)F. The van der Waals surface area contributed by atoms with Crippen molar-refractivity contribution in [3.63, 3.8) is 0 Å². The summed E-state index contributed by atoms with van der Waals surface area (Å²) in [6, 6.07) is 12.6. The van der Waals surface area contributed by atoms with Gasteiger partial charge in [-0.2, -0.15) is 13.9 Å². The fraction of sp³-hybridized carbons (Fsp3) is 0.100.